The second-order valence-corrected chi connectivity index (χ2v) is 7.05. The average Bonchev–Trinajstić information content (AvgIpc) is 2.61. The minimum absolute atomic E-state index is 0.132. The molecule has 0 aliphatic carbocycles. The van der Waals surface area contributed by atoms with Crippen LogP contribution in [0, 0.1) is 13.8 Å². The van der Waals surface area contributed by atoms with Gasteiger partial charge in [0, 0.05) is 10.9 Å². The molecule has 0 bridgehead atoms. The summed E-state index contributed by atoms with van der Waals surface area (Å²) in [5.41, 5.74) is 5.59. The number of hydrogen-bond acceptors (Lipinski definition) is 3. The van der Waals surface area contributed by atoms with E-state index in [1.807, 2.05) is 19.1 Å². The van der Waals surface area contributed by atoms with Crippen LogP contribution in [0.2, 0.25) is 0 Å². The molecule has 148 valence electrons. The van der Waals surface area contributed by atoms with Gasteiger partial charge in [0.1, 0.15) is 11.3 Å². The topological polar surface area (TPSA) is 79.1 Å². The lowest BCUT2D eigenvalue weighted by molar-refractivity contribution is -0.139. The maximum atomic E-state index is 13.5. The van der Waals surface area contributed by atoms with E-state index in [4.69, 9.17) is 5.73 Å². The van der Waals surface area contributed by atoms with Gasteiger partial charge in [0.15, 0.2) is 0 Å². The van der Waals surface area contributed by atoms with Crippen molar-refractivity contribution in [3.8, 4) is 16.9 Å². The molecule has 0 spiro atoms. The van der Waals surface area contributed by atoms with E-state index in [0.717, 1.165) is 5.56 Å². The fourth-order valence-corrected chi connectivity index (χ4v) is 3.56. The zero-order chi connectivity index (χ0) is 20.8. The van der Waals surface area contributed by atoms with Crippen LogP contribution in [0.5, 0.6) is 5.75 Å². The van der Waals surface area contributed by atoms with Gasteiger partial charge in [0.05, 0.1) is 5.52 Å². The Bertz CT molecular complexity index is 1100. The van der Waals surface area contributed by atoms with Crippen molar-refractivity contribution in [1.82, 2.24) is 4.98 Å². The van der Waals surface area contributed by atoms with Crippen LogP contribution in [0.15, 0.2) is 35.1 Å². The van der Waals surface area contributed by atoms with Crippen LogP contribution in [0.25, 0.3) is 22.0 Å². The lowest BCUT2D eigenvalue weighted by Gasteiger charge is -2.18. The van der Waals surface area contributed by atoms with E-state index in [0.29, 0.717) is 17.7 Å². The van der Waals surface area contributed by atoms with Gasteiger partial charge in [-0.15, -0.1) is 0 Å². The number of aromatic hydroxyl groups is 1. The molecule has 1 heterocycles. The predicted octanol–water partition coefficient (Wildman–Crippen LogP) is 4.60. The Labute approximate surface area is 159 Å². The average molecular weight is 390 g/mol. The number of pyridine rings is 1. The van der Waals surface area contributed by atoms with Gasteiger partial charge < -0.3 is 15.8 Å². The van der Waals surface area contributed by atoms with Gasteiger partial charge in [-0.2, -0.15) is 13.2 Å². The molecule has 28 heavy (non-hydrogen) atoms. The van der Waals surface area contributed by atoms with Crippen molar-refractivity contribution < 1.29 is 18.3 Å². The summed E-state index contributed by atoms with van der Waals surface area (Å²) in [6.45, 7) is 5.32. The number of aryl methyl sites for hydroxylation is 2. The summed E-state index contributed by atoms with van der Waals surface area (Å²) in [6.07, 6.45) is -4.80. The highest BCUT2D eigenvalue weighted by molar-refractivity contribution is 6.02. The molecule has 3 rings (SSSR count). The minimum Gasteiger partial charge on any atom is -0.507 e. The Morgan fingerprint density at radius 1 is 1.18 bits per heavy atom. The van der Waals surface area contributed by atoms with Crippen molar-refractivity contribution >= 4 is 10.9 Å². The Morgan fingerprint density at radius 3 is 2.32 bits per heavy atom. The fourth-order valence-electron chi connectivity index (χ4n) is 3.56. The number of hydrogen-bond donors (Lipinski definition) is 3. The Morgan fingerprint density at radius 2 is 1.79 bits per heavy atom. The number of benzene rings is 2. The number of aromatic nitrogens is 1. The Balaban J connectivity index is 2.38. The summed E-state index contributed by atoms with van der Waals surface area (Å²) < 4.78 is 40.4. The molecular weight excluding hydrogens is 369 g/mol. The Kier molecular flexibility index (Phi) is 4.97. The van der Waals surface area contributed by atoms with Crippen molar-refractivity contribution in [2.45, 2.75) is 32.9 Å². The number of rotatable bonds is 3. The summed E-state index contributed by atoms with van der Waals surface area (Å²) >= 11 is 0. The highest BCUT2D eigenvalue weighted by Gasteiger charge is 2.37. The van der Waals surface area contributed by atoms with Crippen LogP contribution in [-0.4, -0.2) is 16.6 Å². The molecule has 4 N–H and O–H groups in total. The van der Waals surface area contributed by atoms with E-state index < -0.39 is 17.3 Å². The first-order valence-electron chi connectivity index (χ1n) is 8.83. The first-order chi connectivity index (χ1) is 13.1. The second-order valence-electron chi connectivity index (χ2n) is 7.05. The van der Waals surface area contributed by atoms with E-state index in [1.54, 1.807) is 19.1 Å². The van der Waals surface area contributed by atoms with Crippen LogP contribution in [-0.2, 0) is 6.18 Å². The van der Waals surface area contributed by atoms with Crippen LogP contribution >= 0.6 is 0 Å². The van der Waals surface area contributed by atoms with Crippen molar-refractivity contribution in [2.24, 2.45) is 5.73 Å². The number of fused-ring (bicyclic) bond motifs is 1. The van der Waals surface area contributed by atoms with Crippen molar-refractivity contribution in [3.05, 3.63) is 62.9 Å². The van der Waals surface area contributed by atoms with Crippen LogP contribution < -0.4 is 11.3 Å². The summed E-state index contributed by atoms with van der Waals surface area (Å²) in [4.78, 5) is 14.4. The number of aromatic amines is 1. The first-order valence-corrected chi connectivity index (χ1v) is 8.83. The lowest BCUT2D eigenvalue weighted by Crippen LogP contribution is -2.23. The zero-order valence-electron chi connectivity index (χ0n) is 15.7. The monoisotopic (exact) mass is 390 g/mol. The van der Waals surface area contributed by atoms with Crippen molar-refractivity contribution in [2.75, 3.05) is 6.54 Å². The molecule has 0 aliphatic rings. The normalized spacial score (nSPS) is 13.1. The van der Waals surface area contributed by atoms with E-state index >= 15 is 0 Å². The molecule has 7 heteroatoms. The highest BCUT2D eigenvalue weighted by Crippen LogP contribution is 2.41. The molecule has 0 radical (unpaired) electrons. The number of alkyl halides is 3. The van der Waals surface area contributed by atoms with Gasteiger partial charge >= 0.3 is 6.18 Å². The van der Waals surface area contributed by atoms with Crippen LogP contribution in [0.4, 0.5) is 13.2 Å². The number of halogens is 3. The summed E-state index contributed by atoms with van der Waals surface area (Å²) in [7, 11) is 0. The summed E-state index contributed by atoms with van der Waals surface area (Å²) in [5, 5.41) is 10.7. The van der Waals surface area contributed by atoms with E-state index in [9.17, 15) is 23.1 Å². The number of H-pyrrole nitrogens is 1. The standard InChI is InChI=1S/C21H21F3N2O2/c1-10-8-15(27)17(14-6-4-13(5-7-14)11(2)9-25)16-12(3)18(21(22,23)24)20(28)26-19(10)16/h4-8,11,27H,9,25H2,1-3H3,(H,26,28)/t11-/m0/s1. The summed E-state index contributed by atoms with van der Waals surface area (Å²) in [6, 6.07) is 8.59. The fraction of sp³-hybridized carbons (Fsp3) is 0.286. The van der Waals surface area contributed by atoms with Crippen molar-refractivity contribution in [1.29, 1.82) is 0 Å². The molecule has 4 nitrogen and oxygen atoms in total. The molecule has 0 fully saturated rings. The third-order valence-corrected chi connectivity index (χ3v) is 5.12. The molecule has 0 saturated carbocycles. The molecule has 1 atom stereocenters. The van der Waals surface area contributed by atoms with Crippen LogP contribution in [0.3, 0.4) is 0 Å². The minimum atomic E-state index is -4.80. The van der Waals surface area contributed by atoms with Crippen LogP contribution in [0.1, 0.15) is 35.1 Å². The number of phenolic OH excluding ortho intramolecular Hbond substituents is 1. The quantitative estimate of drug-likeness (QED) is 0.612. The molecular formula is C21H21F3N2O2. The highest BCUT2D eigenvalue weighted by atomic mass is 19.4. The largest absolute Gasteiger partial charge is 0.507 e. The molecule has 0 saturated heterocycles. The van der Waals surface area contributed by atoms with Gasteiger partial charge in [-0.05, 0) is 54.6 Å². The molecule has 3 aromatic rings. The molecule has 1 aromatic heterocycles. The third-order valence-electron chi connectivity index (χ3n) is 5.12. The maximum Gasteiger partial charge on any atom is 0.421 e. The number of nitrogens with one attached hydrogen (secondary N) is 1. The molecule has 0 aliphatic heterocycles. The van der Waals surface area contributed by atoms with Gasteiger partial charge in [0.25, 0.3) is 5.56 Å². The van der Waals surface area contributed by atoms with Gasteiger partial charge in [-0.3, -0.25) is 4.79 Å². The van der Waals surface area contributed by atoms with Gasteiger partial charge in [-0.1, -0.05) is 31.2 Å². The molecule has 0 unspecified atom stereocenters. The number of phenols is 1. The first kappa shape index (κ1) is 19.9. The molecule has 0 amide bonds. The Hall–Kier alpha value is -2.80. The zero-order valence-corrected chi connectivity index (χ0v) is 15.7. The smallest absolute Gasteiger partial charge is 0.421 e. The van der Waals surface area contributed by atoms with E-state index in [1.165, 1.54) is 13.0 Å². The number of nitrogens with two attached hydrogens (primary N) is 1. The lowest BCUT2D eigenvalue weighted by atomic mass is 9.91. The second kappa shape index (κ2) is 6.98. The van der Waals surface area contributed by atoms with Crippen molar-refractivity contribution in [3.63, 3.8) is 0 Å². The van der Waals surface area contributed by atoms with Gasteiger partial charge in [-0.25, -0.2) is 0 Å². The van der Waals surface area contributed by atoms with E-state index in [2.05, 4.69) is 4.98 Å². The SMILES string of the molecule is Cc1cc(O)c(-c2ccc([C@@H](C)CN)cc2)c2c(C)c(C(F)(F)F)c(=O)[nH]c12. The maximum absolute atomic E-state index is 13.5. The van der Waals surface area contributed by atoms with E-state index in [-0.39, 0.29) is 33.7 Å². The molecule has 2 aromatic carbocycles. The summed E-state index contributed by atoms with van der Waals surface area (Å²) in [5.74, 6) is -0.0137. The predicted molar refractivity (Wildman–Crippen MR) is 104 cm³/mol. The van der Waals surface area contributed by atoms with Gasteiger partial charge in [0.2, 0.25) is 0 Å². The third kappa shape index (κ3) is 3.26.